The van der Waals surface area contributed by atoms with Crippen molar-refractivity contribution in [1.29, 1.82) is 0 Å². The molecule has 0 bridgehead atoms. The molecular weight excluding hydrogens is 414 g/mol. The molecule has 0 amide bonds. The van der Waals surface area contributed by atoms with E-state index >= 15 is 0 Å². The van der Waals surface area contributed by atoms with E-state index < -0.39 is 5.97 Å². The Labute approximate surface area is 161 Å². The zero-order chi connectivity index (χ0) is 18.6. The molecule has 0 unspecified atom stereocenters. The third-order valence-electron chi connectivity index (χ3n) is 3.65. The van der Waals surface area contributed by atoms with Crippen molar-refractivity contribution in [3.63, 3.8) is 0 Å². The van der Waals surface area contributed by atoms with Crippen LogP contribution in [-0.4, -0.2) is 21.2 Å². The van der Waals surface area contributed by atoms with Crippen molar-refractivity contribution >= 4 is 38.9 Å². The topological polar surface area (TPSA) is 91.2 Å². The normalized spacial score (nSPS) is 11.3. The predicted octanol–water partition coefficient (Wildman–Crippen LogP) is 4.40. The van der Waals surface area contributed by atoms with Gasteiger partial charge in [-0.05, 0) is 40.2 Å². The van der Waals surface area contributed by atoms with Crippen LogP contribution in [0.4, 0.5) is 0 Å². The minimum Gasteiger partial charge on any atom is -0.452 e. The summed E-state index contributed by atoms with van der Waals surface area (Å²) in [6.07, 6.45) is 4.71. The van der Waals surface area contributed by atoms with E-state index in [0.717, 1.165) is 16.5 Å². The van der Waals surface area contributed by atoms with E-state index in [9.17, 15) is 4.79 Å². The highest BCUT2D eigenvalue weighted by atomic mass is 79.9. The molecule has 4 aromatic rings. The number of fused-ring (bicyclic) bond motifs is 1. The first-order chi connectivity index (χ1) is 13.2. The summed E-state index contributed by atoms with van der Waals surface area (Å²) in [7, 11) is 0. The Hall–Kier alpha value is -3.26. The fourth-order valence-electron chi connectivity index (χ4n) is 2.44. The van der Waals surface area contributed by atoms with Crippen molar-refractivity contribution in [3.05, 3.63) is 70.9 Å². The summed E-state index contributed by atoms with van der Waals surface area (Å²) in [6, 6.07) is 13.0. The molecule has 0 spiro atoms. The highest BCUT2D eigenvalue weighted by molar-refractivity contribution is 9.10. The minimum absolute atomic E-state index is 0.133. The lowest BCUT2D eigenvalue weighted by Gasteiger charge is -2.01. The van der Waals surface area contributed by atoms with Gasteiger partial charge in [0.2, 0.25) is 0 Å². The fourth-order valence-corrected chi connectivity index (χ4v) is 2.75. The van der Waals surface area contributed by atoms with Gasteiger partial charge >= 0.3 is 5.97 Å². The van der Waals surface area contributed by atoms with Crippen LogP contribution < -0.4 is 0 Å². The molecule has 7 nitrogen and oxygen atoms in total. The summed E-state index contributed by atoms with van der Waals surface area (Å²) in [5, 5.41) is 8.68. The highest BCUT2D eigenvalue weighted by Crippen LogP contribution is 2.24. The van der Waals surface area contributed by atoms with Crippen LogP contribution in [-0.2, 0) is 16.1 Å². The maximum atomic E-state index is 12.0. The van der Waals surface area contributed by atoms with E-state index in [4.69, 9.17) is 13.6 Å². The zero-order valence-corrected chi connectivity index (χ0v) is 15.4. The molecule has 0 saturated heterocycles. The molecule has 0 N–H and O–H groups in total. The van der Waals surface area contributed by atoms with Crippen LogP contribution in [0.1, 0.15) is 11.5 Å². The van der Waals surface area contributed by atoms with Crippen molar-refractivity contribution in [2.24, 2.45) is 0 Å². The summed E-state index contributed by atoms with van der Waals surface area (Å²) in [5.74, 6) is 0.286. The number of hydrogen-bond donors (Lipinski definition) is 0. The molecule has 0 aliphatic carbocycles. The fraction of sp³-hybridized carbons (Fsp3) is 0.0526. The first kappa shape index (κ1) is 17.2. The summed E-state index contributed by atoms with van der Waals surface area (Å²) >= 11 is 3.20. The molecule has 0 aliphatic rings. The van der Waals surface area contributed by atoms with Crippen molar-refractivity contribution in [2.45, 2.75) is 6.61 Å². The Morgan fingerprint density at radius 3 is 2.85 bits per heavy atom. The Bertz CT molecular complexity index is 1130. The number of benzene rings is 1. The molecule has 1 aromatic carbocycles. The lowest BCUT2D eigenvalue weighted by Crippen LogP contribution is -2.01. The van der Waals surface area contributed by atoms with E-state index in [1.807, 2.05) is 30.3 Å². The number of esters is 1. The number of aromatic nitrogens is 3. The van der Waals surface area contributed by atoms with Gasteiger partial charge in [-0.1, -0.05) is 24.3 Å². The van der Waals surface area contributed by atoms with Gasteiger partial charge in [-0.25, -0.2) is 4.79 Å². The van der Waals surface area contributed by atoms with Crippen LogP contribution in [0.15, 0.2) is 68.2 Å². The maximum Gasteiger partial charge on any atom is 0.331 e. The number of nitrogens with zero attached hydrogens (tertiary/aromatic N) is 3. The molecule has 0 atom stereocenters. The number of rotatable bonds is 5. The van der Waals surface area contributed by atoms with Crippen LogP contribution in [0.3, 0.4) is 0 Å². The Kier molecular flexibility index (Phi) is 4.80. The largest absolute Gasteiger partial charge is 0.452 e. The van der Waals surface area contributed by atoms with Gasteiger partial charge in [0, 0.05) is 23.2 Å². The average molecular weight is 426 g/mol. The maximum absolute atomic E-state index is 12.0. The number of pyridine rings is 1. The van der Waals surface area contributed by atoms with E-state index in [-0.39, 0.29) is 18.4 Å². The number of furan rings is 1. The lowest BCUT2D eigenvalue weighted by atomic mass is 10.1. The average Bonchev–Trinajstić information content (AvgIpc) is 3.33. The number of carbonyl (C=O) groups is 1. The highest BCUT2D eigenvalue weighted by Gasteiger charge is 2.13. The molecular formula is C19H12BrN3O4. The van der Waals surface area contributed by atoms with E-state index in [1.54, 1.807) is 24.4 Å². The predicted molar refractivity (Wildman–Crippen MR) is 100 cm³/mol. The van der Waals surface area contributed by atoms with Crippen LogP contribution in [0.25, 0.3) is 28.6 Å². The standard InChI is InChI=1S/C19H12BrN3O4/c20-15-8-7-14(26-15)19-23-22-16(27-19)11-25-17(24)9-6-13-4-1-3-12-5-2-10-21-18(12)13/h1-10H,11H2/b9-6+. The molecule has 3 aromatic heterocycles. The van der Waals surface area contributed by atoms with Crippen LogP contribution >= 0.6 is 15.9 Å². The molecule has 27 heavy (non-hydrogen) atoms. The van der Waals surface area contributed by atoms with E-state index in [2.05, 4.69) is 31.1 Å². The van der Waals surface area contributed by atoms with Gasteiger partial charge in [-0.2, -0.15) is 0 Å². The summed E-state index contributed by atoms with van der Waals surface area (Å²) < 4.78 is 16.4. The van der Waals surface area contributed by atoms with Crippen molar-refractivity contribution < 1.29 is 18.4 Å². The Morgan fingerprint density at radius 2 is 2.00 bits per heavy atom. The lowest BCUT2D eigenvalue weighted by molar-refractivity contribution is -0.139. The molecule has 3 heterocycles. The number of para-hydroxylation sites is 1. The minimum atomic E-state index is -0.525. The van der Waals surface area contributed by atoms with Crippen molar-refractivity contribution in [2.75, 3.05) is 0 Å². The Morgan fingerprint density at radius 1 is 1.11 bits per heavy atom. The second-order valence-corrected chi connectivity index (χ2v) is 6.25. The summed E-state index contributed by atoms with van der Waals surface area (Å²) in [4.78, 5) is 16.3. The quantitative estimate of drug-likeness (QED) is 0.345. The molecule has 0 fully saturated rings. The number of ether oxygens (including phenoxy) is 1. The monoisotopic (exact) mass is 425 g/mol. The van der Waals surface area contributed by atoms with Crippen molar-refractivity contribution in [1.82, 2.24) is 15.2 Å². The van der Waals surface area contributed by atoms with E-state index in [0.29, 0.717) is 10.4 Å². The SMILES string of the molecule is O=C(/C=C/c1cccc2cccnc12)OCc1nnc(-c2ccc(Br)o2)o1. The van der Waals surface area contributed by atoms with E-state index in [1.165, 1.54) is 6.08 Å². The second kappa shape index (κ2) is 7.55. The molecule has 0 aliphatic heterocycles. The summed E-state index contributed by atoms with van der Waals surface area (Å²) in [6.45, 7) is -0.133. The number of halogens is 1. The van der Waals surface area contributed by atoms with Gasteiger partial charge in [0.15, 0.2) is 17.0 Å². The van der Waals surface area contributed by atoms with Gasteiger partial charge in [0.1, 0.15) is 0 Å². The first-order valence-corrected chi connectivity index (χ1v) is 8.75. The third-order valence-corrected chi connectivity index (χ3v) is 4.08. The molecule has 0 radical (unpaired) electrons. The van der Waals surface area contributed by atoms with Gasteiger partial charge < -0.3 is 13.6 Å². The first-order valence-electron chi connectivity index (χ1n) is 7.96. The van der Waals surface area contributed by atoms with Gasteiger partial charge in [-0.3, -0.25) is 4.98 Å². The van der Waals surface area contributed by atoms with Gasteiger partial charge in [0.25, 0.3) is 11.8 Å². The number of carbonyl (C=O) groups excluding carboxylic acids is 1. The molecule has 0 saturated carbocycles. The zero-order valence-electron chi connectivity index (χ0n) is 13.8. The molecule has 4 rings (SSSR count). The summed E-state index contributed by atoms with van der Waals surface area (Å²) in [5.41, 5.74) is 1.64. The van der Waals surface area contributed by atoms with Gasteiger partial charge in [0.05, 0.1) is 5.52 Å². The van der Waals surface area contributed by atoms with Crippen LogP contribution in [0, 0.1) is 0 Å². The Balaban J connectivity index is 1.40. The van der Waals surface area contributed by atoms with Crippen LogP contribution in [0.2, 0.25) is 0 Å². The third kappa shape index (κ3) is 3.95. The number of hydrogen-bond acceptors (Lipinski definition) is 7. The molecule has 8 heteroatoms. The second-order valence-electron chi connectivity index (χ2n) is 5.47. The van der Waals surface area contributed by atoms with Crippen LogP contribution in [0.5, 0.6) is 0 Å². The smallest absolute Gasteiger partial charge is 0.331 e. The van der Waals surface area contributed by atoms with Crippen molar-refractivity contribution in [3.8, 4) is 11.7 Å². The molecule has 134 valence electrons. The van der Waals surface area contributed by atoms with Gasteiger partial charge in [-0.15, -0.1) is 10.2 Å².